The lowest BCUT2D eigenvalue weighted by Gasteiger charge is -2.27. The molecule has 1 aromatic carbocycles. The molecule has 2 aliphatic rings. The molecule has 0 spiro atoms. The van der Waals surface area contributed by atoms with Crippen LogP contribution < -0.4 is 14.8 Å². The first-order valence-corrected chi connectivity index (χ1v) is 11.7. The molecule has 1 atom stereocenters. The van der Waals surface area contributed by atoms with Crippen molar-refractivity contribution < 1.29 is 23.0 Å². The summed E-state index contributed by atoms with van der Waals surface area (Å²) in [6.45, 7) is 4.02. The van der Waals surface area contributed by atoms with Crippen molar-refractivity contribution in [3.05, 3.63) is 60.1 Å². The third kappa shape index (κ3) is 4.54. The van der Waals surface area contributed by atoms with Gasteiger partial charge in [0.25, 0.3) is 5.91 Å². The van der Waals surface area contributed by atoms with Gasteiger partial charge in [0.05, 0.1) is 25.0 Å². The van der Waals surface area contributed by atoms with Crippen LogP contribution in [-0.2, 0) is 0 Å². The number of carbonyl (C=O) groups excluding carboxylic acids is 1. The molecular weight excluding hydrogens is 454 g/mol. The van der Waals surface area contributed by atoms with Gasteiger partial charge in [-0.2, -0.15) is 8.78 Å². The highest BCUT2D eigenvalue weighted by atomic mass is 19.3. The van der Waals surface area contributed by atoms with Crippen molar-refractivity contribution in [2.75, 3.05) is 13.7 Å². The number of carbonyl (C=O) groups is 1. The van der Waals surface area contributed by atoms with Crippen molar-refractivity contribution in [3.63, 3.8) is 0 Å². The maximum Gasteiger partial charge on any atom is 0.387 e. The third-order valence-corrected chi connectivity index (χ3v) is 6.60. The lowest BCUT2D eigenvalue weighted by atomic mass is 10.0. The van der Waals surface area contributed by atoms with E-state index in [1.165, 1.54) is 13.2 Å². The number of hydrogen-bond acceptors (Lipinski definition) is 5. The maximum atomic E-state index is 13.3. The molecule has 1 aliphatic carbocycles. The SMILES string of the molecule is C=C(C)N1CCCC1c1ccn2c(-c3cc(OC)c(C(=O)NC4CC4)c(OC(F)F)c3)cnc2c1. The molecule has 1 saturated heterocycles. The number of fused-ring (bicyclic) bond motifs is 1. The zero-order valence-electron chi connectivity index (χ0n) is 19.8. The van der Waals surface area contributed by atoms with Crippen molar-refractivity contribution in [2.24, 2.45) is 0 Å². The quantitative estimate of drug-likeness (QED) is 0.480. The van der Waals surface area contributed by atoms with Crippen molar-refractivity contribution in [2.45, 2.75) is 51.3 Å². The fraction of sp³-hybridized carbons (Fsp3) is 0.385. The van der Waals surface area contributed by atoms with Crippen molar-refractivity contribution in [1.82, 2.24) is 19.6 Å². The Hall–Kier alpha value is -3.62. The van der Waals surface area contributed by atoms with Crippen LogP contribution in [-0.4, -0.2) is 46.5 Å². The zero-order valence-corrected chi connectivity index (χ0v) is 19.8. The maximum absolute atomic E-state index is 13.3. The first-order valence-electron chi connectivity index (χ1n) is 11.7. The average Bonchev–Trinajstić information content (AvgIpc) is 3.32. The van der Waals surface area contributed by atoms with Crippen LogP contribution in [0.25, 0.3) is 16.9 Å². The van der Waals surface area contributed by atoms with Crippen LogP contribution in [0.4, 0.5) is 8.78 Å². The number of amides is 1. The molecule has 1 amide bonds. The summed E-state index contributed by atoms with van der Waals surface area (Å²) in [6, 6.07) is 7.49. The second-order valence-corrected chi connectivity index (χ2v) is 9.10. The Morgan fingerprint density at radius 2 is 2.00 bits per heavy atom. The number of likely N-dealkylation sites (tertiary alicyclic amines) is 1. The Morgan fingerprint density at radius 1 is 1.23 bits per heavy atom. The highest BCUT2D eigenvalue weighted by Crippen LogP contribution is 2.38. The van der Waals surface area contributed by atoms with Crippen LogP contribution in [0.15, 0.2) is 48.9 Å². The average molecular weight is 483 g/mol. The zero-order chi connectivity index (χ0) is 24.7. The van der Waals surface area contributed by atoms with Gasteiger partial charge in [0.15, 0.2) is 0 Å². The van der Waals surface area contributed by atoms with E-state index >= 15 is 0 Å². The van der Waals surface area contributed by atoms with E-state index in [0.717, 1.165) is 49.1 Å². The van der Waals surface area contributed by atoms with Crippen molar-refractivity contribution >= 4 is 11.6 Å². The summed E-state index contributed by atoms with van der Waals surface area (Å²) in [7, 11) is 1.40. The van der Waals surface area contributed by atoms with E-state index < -0.39 is 12.5 Å². The smallest absolute Gasteiger partial charge is 0.387 e. The van der Waals surface area contributed by atoms with Gasteiger partial charge in [0.1, 0.15) is 22.7 Å². The molecular formula is C26H28F2N4O3. The molecule has 7 nitrogen and oxygen atoms in total. The summed E-state index contributed by atoms with van der Waals surface area (Å²) in [6.07, 6.45) is 7.49. The summed E-state index contributed by atoms with van der Waals surface area (Å²) >= 11 is 0. The topological polar surface area (TPSA) is 68.1 Å². The summed E-state index contributed by atoms with van der Waals surface area (Å²) in [5, 5.41) is 2.82. The molecule has 0 radical (unpaired) electrons. The molecule has 2 aromatic heterocycles. The predicted octanol–water partition coefficient (Wildman–Crippen LogP) is 5.17. The fourth-order valence-corrected chi connectivity index (χ4v) is 4.78. The monoisotopic (exact) mass is 482 g/mol. The number of ether oxygens (including phenoxy) is 2. The van der Waals surface area contributed by atoms with Gasteiger partial charge < -0.3 is 19.7 Å². The van der Waals surface area contributed by atoms with Gasteiger partial charge in [-0.3, -0.25) is 9.20 Å². The number of nitrogens with zero attached hydrogens (tertiary/aromatic N) is 3. The Labute approximate surface area is 202 Å². The van der Waals surface area contributed by atoms with E-state index in [1.807, 2.05) is 23.6 Å². The lowest BCUT2D eigenvalue weighted by Crippen LogP contribution is -2.26. The molecule has 3 aromatic rings. The van der Waals surface area contributed by atoms with E-state index in [4.69, 9.17) is 9.47 Å². The summed E-state index contributed by atoms with van der Waals surface area (Å²) < 4.78 is 38.6. The predicted molar refractivity (Wildman–Crippen MR) is 128 cm³/mol. The first-order chi connectivity index (χ1) is 16.9. The van der Waals surface area contributed by atoms with Crippen LogP contribution in [0, 0.1) is 0 Å². The Balaban J connectivity index is 1.54. The standard InChI is InChI=1S/C26H28F2N4O3/c1-15(2)31-9-4-5-19(31)16-8-10-32-20(14-29-23(32)13-16)17-11-21(34-3)24(22(12-17)35-26(27)28)25(33)30-18-6-7-18/h8,10-14,18-19,26H,1,4-7,9H2,2-3H3,(H,30,33). The second kappa shape index (κ2) is 9.20. The van der Waals surface area contributed by atoms with E-state index in [1.54, 1.807) is 12.3 Å². The van der Waals surface area contributed by atoms with E-state index in [2.05, 4.69) is 27.8 Å². The van der Waals surface area contributed by atoms with Crippen molar-refractivity contribution in [1.29, 1.82) is 0 Å². The molecule has 2 fully saturated rings. The lowest BCUT2D eigenvalue weighted by molar-refractivity contribution is -0.0502. The number of allylic oxidation sites excluding steroid dienone is 1. The van der Waals surface area contributed by atoms with Gasteiger partial charge in [-0.25, -0.2) is 4.98 Å². The van der Waals surface area contributed by atoms with Gasteiger partial charge in [-0.05, 0) is 62.4 Å². The summed E-state index contributed by atoms with van der Waals surface area (Å²) in [4.78, 5) is 19.6. The minimum atomic E-state index is -3.09. The normalized spacial score (nSPS) is 17.7. The van der Waals surface area contributed by atoms with Gasteiger partial charge in [0.2, 0.25) is 0 Å². The second-order valence-electron chi connectivity index (χ2n) is 9.10. The van der Waals surface area contributed by atoms with Crippen LogP contribution >= 0.6 is 0 Å². The molecule has 0 bridgehead atoms. The van der Waals surface area contributed by atoms with E-state index in [-0.39, 0.29) is 29.1 Å². The molecule has 1 saturated carbocycles. The number of benzene rings is 1. The molecule has 1 aliphatic heterocycles. The molecule has 1 unspecified atom stereocenters. The number of hydrogen-bond donors (Lipinski definition) is 1. The number of methoxy groups -OCH3 is 1. The Kier molecular flexibility index (Phi) is 6.08. The number of nitrogens with one attached hydrogen (secondary N) is 1. The summed E-state index contributed by atoms with van der Waals surface area (Å²) in [5.41, 5.74) is 4.10. The number of aromatic nitrogens is 2. The minimum Gasteiger partial charge on any atom is -0.496 e. The minimum absolute atomic E-state index is 0.0410. The van der Waals surface area contributed by atoms with Gasteiger partial charge in [-0.15, -0.1) is 0 Å². The number of rotatable bonds is 8. The summed E-state index contributed by atoms with van der Waals surface area (Å²) in [5.74, 6) is -0.569. The largest absolute Gasteiger partial charge is 0.496 e. The van der Waals surface area contributed by atoms with Crippen LogP contribution in [0.2, 0.25) is 0 Å². The number of alkyl halides is 2. The van der Waals surface area contributed by atoms with Crippen LogP contribution in [0.5, 0.6) is 11.5 Å². The highest BCUT2D eigenvalue weighted by Gasteiger charge is 2.29. The fourth-order valence-electron chi connectivity index (χ4n) is 4.78. The van der Waals surface area contributed by atoms with Crippen molar-refractivity contribution in [3.8, 4) is 22.8 Å². The Bertz CT molecular complexity index is 1290. The molecule has 1 N–H and O–H groups in total. The molecule has 3 heterocycles. The number of pyridine rings is 1. The molecule has 9 heteroatoms. The van der Waals surface area contributed by atoms with Gasteiger partial charge >= 0.3 is 6.61 Å². The number of imidazole rings is 1. The molecule has 35 heavy (non-hydrogen) atoms. The Morgan fingerprint density at radius 3 is 2.69 bits per heavy atom. The molecule has 184 valence electrons. The number of halogens is 2. The van der Waals surface area contributed by atoms with Gasteiger partial charge in [-0.1, -0.05) is 6.58 Å². The van der Waals surface area contributed by atoms with E-state index in [9.17, 15) is 13.6 Å². The third-order valence-electron chi connectivity index (χ3n) is 6.60. The van der Waals surface area contributed by atoms with Crippen LogP contribution in [0.1, 0.15) is 54.6 Å². The van der Waals surface area contributed by atoms with E-state index in [0.29, 0.717) is 11.3 Å². The highest BCUT2D eigenvalue weighted by molar-refractivity contribution is 6.01. The molecule has 5 rings (SSSR count). The van der Waals surface area contributed by atoms with Gasteiger partial charge in [0, 0.05) is 30.0 Å². The van der Waals surface area contributed by atoms with Crippen LogP contribution in [0.3, 0.4) is 0 Å². The first kappa shape index (κ1) is 23.1.